The van der Waals surface area contributed by atoms with Crippen molar-refractivity contribution in [2.24, 2.45) is 5.92 Å². The average molecular weight is 270 g/mol. The summed E-state index contributed by atoms with van der Waals surface area (Å²) < 4.78 is 10.4. The quantitative estimate of drug-likeness (QED) is 0.854. The summed E-state index contributed by atoms with van der Waals surface area (Å²) in [5, 5.41) is 2.91. The van der Waals surface area contributed by atoms with Gasteiger partial charge in [0, 0.05) is 17.5 Å². The van der Waals surface area contributed by atoms with Crippen LogP contribution in [0.3, 0.4) is 0 Å². The molecule has 5 heteroatoms. The van der Waals surface area contributed by atoms with Crippen LogP contribution in [-0.2, 0) is 0 Å². The van der Waals surface area contributed by atoms with Gasteiger partial charge in [0.1, 0.15) is 0 Å². The molecule has 18 heavy (non-hydrogen) atoms. The van der Waals surface area contributed by atoms with E-state index in [1.165, 1.54) is 0 Å². The fraction of sp³-hybridized carbons (Fsp3) is 0.462. The lowest BCUT2D eigenvalue weighted by atomic mass is 10.1. The number of hydrogen-bond donors (Lipinski definition) is 1. The molecule has 0 saturated heterocycles. The Hall–Kier alpha value is -1.42. The molecule has 1 aromatic carbocycles. The average Bonchev–Trinajstić information content (AvgIpc) is 2.82. The van der Waals surface area contributed by atoms with Crippen molar-refractivity contribution in [2.45, 2.75) is 19.9 Å². The van der Waals surface area contributed by atoms with Crippen LogP contribution < -0.4 is 14.8 Å². The standard InChI is InChI=1S/C13H16ClNO3/c1-8(2)10(6-14)15-13(16)9-3-4-11-12(5-9)18-7-17-11/h3-5,8,10H,6-7H2,1-2H3,(H,15,16). The van der Waals surface area contributed by atoms with Gasteiger partial charge in [0.05, 0.1) is 0 Å². The molecule has 0 aromatic heterocycles. The van der Waals surface area contributed by atoms with Crippen LogP contribution in [0, 0.1) is 5.92 Å². The summed E-state index contributed by atoms with van der Waals surface area (Å²) in [6, 6.07) is 5.10. The van der Waals surface area contributed by atoms with Crippen LogP contribution in [0.15, 0.2) is 18.2 Å². The van der Waals surface area contributed by atoms with Gasteiger partial charge < -0.3 is 14.8 Å². The van der Waals surface area contributed by atoms with E-state index in [4.69, 9.17) is 21.1 Å². The number of hydrogen-bond acceptors (Lipinski definition) is 3. The van der Waals surface area contributed by atoms with Gasteiger partial charge in [-0.1, -0.05) is 13.8 Å². The molecule has 0 bridgehead atoms. The molecule has 98 valence electrons. The molecule has 2 rings (SSSR count). The zero-order chi connectivity index (χ0) is 13.1. The number of carbonyl (C=O) groups excluding carboxylic acids is 1. The molecule has 0 fully saturated rings. The van der Waals surface area contributed by atoms with E-state index < -0.39 is 0 Å². The Balaban J connectivity index is 2.09. The smallest absolute Gasteiger partial charge is 0.251 e. The monoisotopic (exact) mass is 269 g/mol. The first-order valence-electron chi connectivity index (χ1n) is 5.88. The zero-order valence-corrected chi connectivity index (χ0v) is 11.2. The number of rotatable bonds is 4. The Labute approximate surface area is 111 Å². The highest BCUT2D eigenvalue weighted by atomic mass is 35.5. The second-order valence-electron chi connectivity index (χ2n) is 4.55. The predicted molar refractivity (Wildman–Crippen MR) is 69.4 cm³/mol. The third kappa shape index (κ3) is 2.70. The minimum Gasteiger partial charge on any atom is -0.454 e. The Morgan fingerprint density at radius 1 is 1.39 bits per heavy atom. The van der Waals surface area contributed by atoms with Gasteiger partial charge in [-0.2, -0.15) is 0 Å². The largest absolute Gasteiger partial charge is 0.454 e. The molecule has 1 aliphatic heterocycles. The number of halogens is 1. The SMILES string of the molecule is CC(C)C(CCl)NC(=O)c1ccc2c(c1)OCO2. The third-order valence-electron chi connectivity index (χ3n) is 2.92. The first-order valence-corrected chi connectivity index (χ1v) is 6.41. The predicted octanol–water partition coefficient (Wildman–Crippen LogP) is 2.41. The summed E-state index contributed by atoms with van der Waals surface area (Å²) in [7, 11) is 0. The van der Waals surface area contributed by atoms with Crippen molar-refractivity contribution in [3.05, 3.63) is 23.8 Å². The van der Waals surface area contributed by atoms with Crippen LogP contribution in [0.1, 0.15) is 24.2 Å². The van der Waals surface area contributed by atoms with Gasteiger partial charge in [-0.15, -0.1) is 11.6 Å². The highest BCUT2D eigenvalue weighted by molar-refractivity contribution is 6.18. The number of ether oxygens (including phenoxy) is 2. The number of benzene rings is 1. The van der Waals surface area contributed by atoms with Gasteiger partial charge in [-0.25, -0.2) is 0 Å². The Kier molecular flexibility index (Phi) is 3.97. The number of carbonyl (C=O) groups is 1. The maximum absolute atomic E-state index is 12.1. The molecule has 4 nitrogen and oxygen atoms in total. The molecule has 1 aromatic rings. The molecule has 0 radical (unpaired) electrons. The van der Waals surface area contributed by atoms with Gasteiger partial charge in [0.15, 0.2) is 11.5 Å². The van der Waals surface area contributed by atoms with Crippen molar-refractivity contribution >= 4 is 17.5 Å². The van der Waals surface area contributed by atoms with E-state index in [-0.39, 0.29) is 18.7 Å². The normalized spacial score (nSPS) is 14.7. The van der Waals surface area contributed by atoms with Gasteiger partial charge in [0.25, 0.3) is 5.91 Å². The summed E-state index contributed by atoms with van der Waals surface area (Å²) in [5.41, 5.74) is 0.551. The fourth-order valence-corrected chi connectivity index (χ4v) is 2.11. The highest BCUT2D eigenvalue weighted by Gasteiger charge is 2.19. The van der Waals surface area contributed by atoms with Crippen LogP contribution in [0.25, 0.3) is 0 Å². The maximum Gasteiger partial charge on any atom is 0.251 e. The lowest BCUT2D eigenvalue weighted by Gasteiger charge is -2.19. The van der Waals surface area contributed by atoms with E-state index in [2.05, 4.69) is 5.32 Å². The van der Waals surface area contributed by atoms with Gasteiger partial charge in [-0.3, -0.25) is 4.79 Å². The van der Waals surface area contributed by atoms with Crippen molar-refractivity contribution in [1.29, 1.82) is 0 Å². The minimum absolute atomic E-state index is 0.0374. The van der Waals surface area contributed by atoms with Crippen molar-refractivity contribution < 1.29 is 14.3 Å². The molecular weight excluding hydrogens is 254 g/mol. The van der Waals surface area contributed by atoms with Crippen LogP contribution in [0.4, 0.5) is 0 Å². The van der Waals surface area contributed by atoms with E-state index in [0.29, 0.717) is 28.9 Å². The van der Waals surface area contributed by atoms with E-state index in [9.17, 15) is 4.79 Å². The summed E-state index contributed by atoms with van der Waals surface area (Å²) in [6.45, 7) is 4.25. The first-order chi connectivity index (χ1) is 8.61. The molecule has 1 amide bonds. The van der Waals surface area contributed by atoms with Crippen LogP contribution >= 0.6 is 11.6 Å². The van der Waals surface area contributed by atoms with E-state index >= 15 is 0 Å². The van der Waals surface area contributed by atoms with E-state index in [0.717, 1.165) is 0 Å². The van der Waals surface area contributed by atoms with Gasteiger partial charge in [0.2, 0.25) is 6.79 Å². The molecule has 1 unspecified atom stereocenters. The second-order valence-corrected chi connectivity index (χ2v) is 4.85. The van der Waals surface area contributed by atoms with Crippen LogP contribution in [-0.4, -0.2) is 24.6 Å². The van der Waals surface area contributed by atoms with Gasteiger partial charge in [-0.05, 0) is 24.1 Å². The summed E-state index contributed by atoms with van der Waals surface area (Å²) in [5.74, 6) is 1.82. The number of amides is 1. The number of nitrogens with one attached hydrogen (secondary N) is 1. The van der Waals surface area contributed by atoms with Crippen LogP contribution in [0.5, 0.6) is 11.5 Å². The zero-order valence-electron chi connectivity index (χ0n) is 10.4. The van der Waals surface area contributed by atoms with Crippen molar-refractivity contribution in [2.75, 3.05) is 12.7 Å². The minimum atomic E-state index is -0.146. The highest BCUT2D eigenvalue weighted by Crippen LogP contribution is 2.32. The molecule has 1 heterocycles. The molecule has 0 saturated carbocycles. The number of fused-ring (bicyclic) bond motifs is 1. The van der Waals surface area contributed by atoms with Crippen molar-refractivity contribution in [1.82, 2.24) is 5.32 Å². The molecule has 1 aliphatic rings. The lowest BCUT2D eigenvalue weighted by Crippen LogP contribution is -2.39. The Morgan fingerprint density at radius 3 is 2.78 bits per heavy atom. The molecule has 0 spiro atoms. The summed E-state index contributed by atoms with van der Waals surface area (Å²) in [6.07, 6.45) is 0. The third-order valence-corrected chi connectivity index (χ3v) is 3.25. The molecule has 0 aliphatic carbocycles. The lowest BCUT2D eigenvalue weighted by molar-refractivity contribution is 0.0930. The summed E-state index contributed by atoms with van der Waals surface area (Å²) >= 11 is 5.83. The van der Waals surface area contributed by atoms with Crippen molar-refractivity contribution in [3.8, 4) is 11.5 Å². The Bertz CT molecular complexity index is 448. The molecule has 1 N–H and O–H groups in total. The fourth-order valence-electron chi connectivity index (χ4n) is 1.67. The second kappa shape index (κ2) is 5.48. The first kappa shape index (κ1) is 13.0. The van der Waals surface area contributed by atoms with E-state index in [1.54, 1.807) is 18.2 Å². The molecular formula is C13H16ClNO3. The van der Waals surface area contributed by atoms with Crippen molar-refractivity contribution in [3.63, 3.8) is 0 Å². The van der Waals surface area contributed by atoms with E-state index in [1.807, 2.05) is 13.8 Å². The summed E-state index contributed by atoms with van der Waals surface area (Å²) in [4.78, 5) is 12.1. The Morgan fingerprint density at radius 2 is 2.11 bits per heavy atom. The maximum atomic E-state index is 12.1. The number of alkyl halides is 1. The van der Waals surface area contributed by atoms with Crippen LogP contribution in [0.2, 0.25) is 0 Å². The van der Waals surface area contributed by atoms with Gasteiger partial charge >= 0.3 is 0 Å². The topological polar surface area (TPSA) is 47.6 Å². The molecule has 1 atom stereocenters.